The van der Waals surface area contributed by atoms with E-state index in [1.54, 1.807) is 20.8 Å². The summed E-state index contributed by atoms with van der Waals surface area (Å²) in [6, 6.07) is -0.694. The standard InChI is InChI=1S/C14H23NO5/c1-14(2,3)20-13(17)15-8-9-6-5-7-19-11(9)10(15)12(16)18-4/h9-11H,5-8H2,1-4H3/t9-,10?,11?/m0/s1. The smallest absolute Gasteiger partial charge is 0.411 e. The Labute approximate surface area is 119 Å². The van der Waals surface area contributed by atoms with Crippen molar-refractivity contribution < 1.29 is 23.8 Å². The van der Waals surface area contributed by atoms with Crippen LogP contribution in [0.4, 0.5) is 4.79 Å². The van der Waals surface area contributed by atoms with Crippen LogP contribution in [0.5, 0.6) is 0 Å². The molecular weight excluding hydrogens is 262 g/mol. The second kappa shape index (κ2) is 5.60. The second-order valence-electron chi connectivity index (χ2n) is 6.34. The fourth-order valence-corrected chi connectivity index (χ4v) is 2.84. The molecule has 2 aliphatic heterocycles. The predicted octanol–water partition coefficient (Wildman–Crippen LogP) is 1.57. The Bertz CT molecular complexity index is 390. The van der Waals surface area contributed by atoms with Gasteiger partial charge in [-0.05, 0) is 33.6 Å². The average molecular weight is 285 g/mol. The molecule has 0 aromatic rings. The fraction of sp³-hybridized carbons (Fsp3) is 0.857. The maximum absolute atomic E-state index is 12.3. The normalized spacial score (nSPS) is 29.8. The molecular formula is C14H23NO5. The Morgan fingerprint density at radius 2 is 2.00 bits per heavy atom. The SMILES string of the molecule is COC(=O)C1C2OCCC[C@H]2CN1C(=O)OC(C)(C)C. The quantitative estimate of drug-likeness (QED) is 0.684. The second-order valence-corrected chi connectivity index (χ2v) is 6.34. The lowest BCUT2D eigenvalue weighted by molar-refractivity contribution is -0.151. The van der Waals surface area contributed by atoms with Crippen molar-refractivity contribution in [3.05, 3.63) is 0 Å². The van der Waals surface area contributed by atoms with Crippen molar-refractivity contribution in [3.8, 4) is 0 Å². The highest BCUT2D eigenvalue weighted by Gasteiger charge is 2.51. The van der Waals surface area contributed by atoms with Crippen LogP contribution in [0, 0.1) is 5.92 Å². The van der Waals surface area contributed by atoms with Crippen LogP contribution in [0.2, 0.25) is 0 Å². The molecule has 114 valence electrons. The lowest BCUT2D eigenvalue weighted by Crippen LogP contribution is -2.48. The Hall–Kier alpha value is -1.30. The summed E-state index contributed by atoms with van der Waals surface area (Å²) in [6.45, 7) is 6.52. The van der Waals surface area contributed by atoms with Gasteiger partial charge in [-0.15, -0.1) is 0 Å². The predicted molar refractivity (Wildman–Crippen MR) is 71.2 cm³/mol. The highest BCUT2D eigenvalue weighted by Crippen LogP contribution is 2.34. The van der Waals surface area contributed by atoms with Crippen LogP contribution < -0.4 is 0 Å². The zero-order valence-corrected chi connectivity index (χ0v) is 12.5. The number of amides is 1. The molecule has 0 N–H and O–H groups in total. The van der Waals surface area contributed by atoms with Gasteiger partial charge in [-0.2, -0.15) is 0 Å². The Morgan fingerprint density at radius 1 is 1.30 bits per heavy atom. The molecule has 2 saturated heterocycles. The molecule has 0 saturated carbocycles. The van der Waals surface area contributed by atoms with Crippen LogP contribution in [0.1, 0.15) is 33.6 Å². The third kappa shape index (κ3) is 3.06. The summed E-state index contributed by atoms with van der Waals surface area (Å²) in [5, 5.41) is 0. The van der Waals surface area contributed by atoms with Crippen LogP contribution in [0.3, 0.4) is 0 Å². The topological polar surface area (TPSA) is 65.1 Å². The Kier molecular flexibility index (Phi) is 4.22. The molecule has 2 fully saturated rings. The summed E-state index contributed by atoms with van der Waals surface area (Å²) < 4.78 is 15.9. The summed E-state index contributed by atoms with van der Waals surface area (Å²) in [5.74, 6) is -0.259. The van der Waals surface area contributed by atoms with Gasteiger partial charge >= 0.3 is 12.1 Å². The molecule has 2 aliphatic rings. The molecule has 2 heterocycles. The van der Waals surface area contributed by atoms with Gasteiger partial charge in [-0.1, -0.05) is 0 Å². The zero-order valence-electron chi connectivity index (χ0n) is 12.5. The molecule has 0 radical (unpaired) electrons. The van der Waals surface area contributed by atoms with Gasteiger partial charge in [0.25, 0.3) is 0 Å². The van der Waals surface area contributed by atoms with Gasteiger partial charge in [0.15, 0.2) is 6.04 Å². The fourth-order valence-electron chi connectivity index (χ4n) is 2.84. The lowest BCUT2D eigenvalue weighted by atomic mass is 9.94. The van der Waals surface area contributed by atoms with Crippen LogP contribution in [-0.4, -0.2) is 55.0 Å². The number of methoxy groups -OCH3 is 1. The van der Waals surface area contributed by atoms with Gasteiger partial charge in [-0.25, -0.2) is 9.59 Å². The van der Waals surface area contributed by atoms with Gasteiger partial charge in [0.1, 0.15) is 5.60 Å². The van der Waals surface area contributed by atoms with Gasteiger partial charge in [0, 0.05) is 19.1 Å². The molecule has 6 heteroatoms. The molecule has 0 aromatic carbocycles. The first-order chi connectivity index (χ1) is 9.33. The minimum atomic E-state index is -0.694. The average Bonchev–Trinajstić information content (AvgIpc) is 2.75. The zero-order chi connectivity index (χ0) is 14.9. The number of fused-ring (bicyclic) bond motifs is 1. The van der Waals surface area contributed by atoms with Gasteiger partial charge in [0.05, 0.1) is 13.2 Å². The van der Waals surface area contributed by atoms with Crippen molar-refractivity contribution in [1.82, 2.24) is 4.90 Å². The van der Waals surface area contributed by atoms with Crippen molar-refractivity contribution in [2.75, 3.05) is 20.3 Å². The van der Waals surface area contributed by atoms with E-state index in [2.05, 4.69) is 0 Å². The van der Waals surface area contributed by atoms with Gasteiger partial charge in [0.2, 0.25) is 0 Å². The van der Waals surface area contributed by atoms with Crippen molar-refractivity contribution >= 4 is 12.1 Å². The summed E-state index contributed by atoms with van der Waals surface area (Å²) in [4.78, 5) is 25.7. The van der Waals surface area contributed by atoms with E-state index in [0.29, 0.717) is 13.2 Å². The maximum Gasteiger partial charge on any atom is 0.411 e. The van der Waals surface area contributed by atoms with Crippen molar-refractivity contribution in [1.29, 1.82) is 0 Å². The van der Waals surface area contributed by atoms with E-state index in [4.69, 9.17) is 14.2 Å². The molecule has 0 aliphatic carbocycles. The molecule has 20 heavy (non-hydrogen) atoms. The summed E-state index contributed by atoms with van der Waals surface area (Å²) >= 11 is 0. The van der Waals surface area contributed by atoms with Crippen molar-refractivity contribution in [2.45, 2.75) is 51.4 Å². The molecule has 3 atom stereocenters. The molecule has 0 spiro atoms. The monoisotopic (exact) mass is 285 g/mol. The largest absolute Gasteiger partial charge is 0.467 e. The Morgan fingerprint density at radius 3 is 2.60 bits per heavy atom. The van der Waals surface area contributed by atoms with Crippen molar-refractivity contribution in [2.24, 2.45) is 5.92 Å². The Balaban J connectivity index is 2.17. The summed E-state index contributed by atoms with van der Waals surface area (Å²) in [7, 11) is 1.33. The number of carbonyl (C=O) groups excluding carboxylic acids is 2. The van der Waals surface area contributed by atoms with E-state index in [1.165, 1.54) is 12.0 Å². The maximum atomic E-state index is 12.3. The minimum Gasteiger partial charge on any atom is -0.467 e. The van der Waals surface area contributed by atoms with E-state index >= 15 is 0 Å². The highest BCUT2D eigenvalue weighted by molar-refractivity contribution is 5.83. The number of carbonyl (C=O) groups is 2. The minimum absolute atomic E-state index is 0.181. The summed E-state index contributed by atoms with van der Waals surface area (Å²) in [6.07, 6.45) is 1.16. The van der Waals surface area contributed by atoms with Gasteiger partial charge < -0.3 is 14.2 Å². The van der Waals surface area contributed by atoms with E-state index < -0.39 is 23.7 Å². The third-order valence-electron chi connectivity index (χ3n) is 3.64. The molecule has 1 amide bonds. The van der Waals surface area contributed by atoms with E-state index in [9.17, 15) is 9.59 Å². The molecule has 0 bridgehead atoms. The van der Waals surface area contributed by atoms with E-state index in [-0.39, 0.29) is 12.0 Å². The number of rotatable bonds is 1. The first kappa shape index (κ1) is 15.1. The van der Waals surface area contributed by atoms with Crippen LogP contribution in [-0.2, 0) is 19.0 Å². The molecule has 0 aromatic heterocycles. The number of hydrogen-bond acceptors (Lipinski definition) is 5. The first-order valence-electron chi connectivity index (χ1n) is 7.02. The lowest BCUT2D eigenvalue weighted by Gasteiger charge is -2.29. The van der Waals surface area contributed by atoms with Crippen LogP contribution in [0.25, 0.3) is 0 Å². The van der Waals surface area contributed by atoms with E-state index in [0.717, 1.165) is 12.8 Å². The number of likely N-dealkylation sites (tertiary alicyclic amines) is 1. The summed E-state index contributed by atoms with van der Waals surface area (Å²) in [5.41, 5.74) is -0.591. The first-order valence-corrected chi connectivity index (χ1v) is 7.02. The van der Waals surface area contributed by atoms with Crippen LogP contribution in [0.15, 0.2) is 0 Å². The number of hydrogen-bond donors (Lipinski definition) is 0. The van der Waals surface area contributed by atoms with E-state index in [1.807, 2.05) is 0 Å². The number of nitrogens with zero attached hydrogens (tertiary/aromatic N) is 1. The van der Waals surface area contributed by atoms with Crippen molar-refractivity contribution in [3.63, 3.8) is 0 Å². The number of ether oxygens (including phenoxy) is 3. The molecule has 2 unspecified atom stereocenters. The van der Waals surface area contributed by atoms with Crippen LogP contribution >= 0.6 is 0 Å². The number of esters is 1. The van der Waals surface area contributed by atoms with Gasteiger partial charge in [-0.3, -0.25) is 4.90 Å². The highest BCUT2D eigenvalue weighted by atomic mass is 16.6. The molecule has 2 rings (SSSR count). The third-order valence-corrected chi connectivity index (χ3v) is 3.64. The molecule has 6 nitrogen and oxygen atoms in total.